The molecule has 1 aromatic rings. The van der Waals surface area contributed by atoms with Crippen molar-refractivity contribution in [1.29, 1.82) is 0 Å². The Morgan fingerprint density at radius 2 is 1.86 bits per heavy atom. The minimum atomic E-state index is -0.115. The van der Waals surface area contributed by atoms with Crippen molar-refractivity contribution in [2.24, 2.45) is 11.8 Å². The molecular formula is C21H33N3O3S. The number of rotatable bonds is 8. The maximum absolute atomic E-state index is 12.0. The third-order valence-corrected chi connectivity index (χ3v) is 5.51. The Labute approximate surface area is 173 Å². The lowest BCUT2D eigenvalue weighted by molar-refractivity contribution is -0.121. The van der Waals surface area contributed by atoms with Gasteiger partial charge in [0.05, 0.1) is 13.2 Å². The lowest BCUT2D eigenvalue weighted by Gasteiger charge is -2.35. The van der Waals surface area contributed by atoms with E-state index in [4.69, 9.17) is 21.7 Å². The van der Waals surface area contributed by atoms with E-state index >= 15 is 0 Å². The van der Waals surface area contributed by atoms with E-state index in [0.717, 1.165) is 12.2 Å². The van der Waals surface area contributed by atoms with Crippen LogP contribution < -0.4 is 25.6 Å². The topological polar surface area (TPSA) is 71.6 Å². The minimum absolute atomic E-state index is 0.115. The summed E-state index contributed by atoms with van der Waals surface area (Å²) in [6.45, 7) is 7.50. The highest BCUT2D eigenvalue weighted by atomic mass is 32.1. The van der Waals surface area contributed by atoms with E-state index in [-0.39, 0.29) is 5.91 Å². The molecule has 3 atom stereocenters. The zero-order valence-electron chi connectivity index (χ0n) is 17.1. The molecule has 0 bridgehead atoms. The highest BCUT2D eigenvalue weighted by molar-refractivity contribution is 7.80. The molecule has 1 aliphatic rings. The third-order valence-electron chi connectivity index (χ3n) is 5.29. The van der Waals surface area contributed by atoms with Crippen molar-refractivity contribution in [2.75, 3.05) is 13.2 Å². The van der Waals surface area contributed by atoms with Gasteiger partial charge in [-0.25, -0.2) is 0 Å². The summed E-state index contributed by atoms with van der Waals surface area (Å²) in [6, 6.07) is 7.90. The van der Waals surface area contributed by atoms with Crippen LogP contribution in [0.2, 0.25) is 0 Å². The van der Waals surface area contributed by atoms with Crippen molar-refractivity contribution in [2.45, 2.75) is 58.9 Å². The first-order chi connectivity index (χ1) is 13.5. The first-order valence-corrected chi connectivity index (χ1v) is 10.6. The summed E-state index contributed by atoms with van der Waals surface area (Å²) in [5.74, 6) is 2.57. The Balaban J connectivity index is 1.62. The molecule has 6 nitrogen and oxygen atoms in total. The molecule has 0 unspecified atom stereocenters. The second kappa shape index (κ2) is 11.7. The van der Waals surface area contributed by atoms with E-state index in [1.54, 1.807) is 0 Å². The zero-order chi connectivity index (χ0) is 20.4. The molecular weight excluding hydrogens is 374 g/mol. The summed E-state index contributed by atoms with van der Waals surface area (Å²) in [6.07, 6.45) is 4.55. The average Bonchev–Trinajstić information content (AvgIpc) is 2.68. The van der Waals surface area contributed by atoms with E-state index in [9.17, 15) is 4.79 Å². The maximum atomic E-state index is 12.0. The van der Waals surface area contributed by atoms with Gasteiger partial charge in [0.2, 0.25) is 5.91 Å². The van der Waals surface area contributed by atoms with Gasteiger partial charge < -0.3 is 14.8 Å². The Hall–Kier alpha value is -2.02. The van der Waals surface area contributed by atoms with Gasteiger partial charge in [-0.15, -0.1) is 0 Å². The highest BCUT2D eigenvalue weighted by Gasteiger charge is 2.27. The molecule has 0 aliphatic heterocycles. The van der Waals surface area contributed by atoms with Crippen LogP contribution in [0.5, 0.6) is 11.5 Å². The van der Waals surface area contributed by atoms with Crippen molar-refractivity contribution in [1.82, 2.24) is 16.2 Å². The van der Waals surface area contributed by atoms with Gasteiger partial charge in [-0.05, 0) is 56.0 Å². The fraction of sp³-hybridized carbons (Fsp3) is 0.619. The van der Waals surface area contributed by atoms with Crippen LogP contribution in [-0.2, 0) is 4.79 Å². The Morgan fingerprint density at radius 3 is 2.57 bits per heavy atom. The number of hydrogen-bond acceptors (Lipinski definition) is 4. The van der Waals surface area contributed by atoms with Gasteiger partial charge in [-0.1, -0.05) is 38.8 Å². The average molecular weight is 408 g/mol. The molecule has 1 fully saturated rings. The Bertz CT molecular complexity index is 641. The largest absolute Gasteiger partial charge is 0.490 e. The summed E-state index contributed by atoms with van der Waals surface area (Å²) >= 11 is 5.31. The summed E-state index contributed by atoms with van der Waals surface area (Å²) < 4.78 is 11.2. The van der Waals surface area contributed by atoms with Gasteiger partial charge in [-0.2, -0.15) is 0 Å². The lowest BCUT2D eigenvalue weighted by Crippen LogP contribution is -2.52. The molecule has 156 valence electrons. The molecule has 28 heavy (non-hydrogen) atoms. The fourth-order valence-electron chi connectivity index (χ4n) is 3.44. The SMILES string of the molecule is CCOc1ccccc1OCCCC(=O)NNC(=S)N[C@H]1CCC[C@@H](C)[C@@H]1C. The highest BCUT2D eigenvalue weighted by Crippen LogP contribution is 2.29. The molecule has 0 spiro atoms. The van der Waals surface area contributed by atoms with Crippen LogP contribution in [-0.4, -0.2) is 30.3 Å². The summed E-state index contributed by atoms with van der Waals surface area (Å²) in [5, 5.41) is 3.80. The van der Waals surface area contributed by atoms with Crippen LogP contribution in [0.3, 0.4) is 0 Å². The molecule has 0 saturated heterocycles. The van der Waals surface area contributed by atoms with Gasteiger partial charge >= 0.3 is 0 Å². The molecule has 3 N–H and O–H groups in total. The quantitative estimate of drug-likeness (QED) is 0.348. The second-order valence-electron chi connectivity index (χ2n) is 7.35. The number of carbonyl (C=O) groups excluding carboxylic acids is 1. The van der Waals surface area contributed by atoms with E-state index in [1.807, 2.05) is 31.2 Å². The lowest BCUT2D eigenvalue weighted by atomic mass is 9.78. The van der Waals surface area contributed by atoms with Crippen LogP contribution in [0.15, 0.2) is 24.3 Å². The monoisotopic (exact) mass is 407 g/mol. The van der Waals surface area contributed by atoms with Gasteiger partial charge in [0.1, 0.15) is 0 Å². The molecule has 0 radical (unpaired) electrons. The number of amides is 1. The number of carbonyl (C=O) groups is 1. The number of nitrogens with one attached hydrogen (secondary N) is 3. The normalized spacial score (nSPS) is 21.5. The molecule has 1 aromatic carbocycles. The number of para-hydroxylation sites is 2. The molecule has 2 rings (SSSR count). The first kappa shape index (κ1) is 22.3. The number of ether oxygens (including phenoxy) is 2. The smallest absolute Gasteiger partial charge is 0.238 e. The molecule has 7 heteroatoms. The van der Waals surface area contributed by atoms with Crippen LogP contribution in [0.4, 0.5) is 0 Å². The van der Waals surface area contributed by atoms with Crippen molar-refractivity contribution < 1.29 is 14.3 Å². The Kier molecular flexibility index (Phi) is 9.34. The summed E-state index contributed by atoms with van der Waals surface area (Å²) in [7, 11) is 0. The van der Waals surface area contributed by atoms with Crippen molar-refractivity contribution in [3.8, 4) is 11.5 Å². The minimum Gasteiger partial charge on any atom is -0.490 e. The van der Waals surface area contributed by atoms with Gasteiger partial charge in [0.25, 0.3) is 0 Å². The standard InChI is InChI=1S/C21H33N3O3S/c1-4-26-18-11-5-6-12-19(18)27-14-8-13-20(25)23-24-21(28)22-17-10-7-9-15(2)16(17)3/h5-6,11-12,15-17H,4,7-10,13-14H2,1-3H3,(H,23,25)(H2,22,24,28)/t15-,16+,17+/m1/s1. The molecule has 0 heterocycles. The van der Waals surface area contributed by atoms with E-state index < -0.39 is 0 Å². The fourth-order valence-corrected chi connectivity index (χ4v) is 3.64. The van der Waals surface area contributed by atoms with Gasteiger partial charge in [0.15, 0.2) is 16.6 Å². The van der Waals surface area contributed by atoms with E-state index in [0.29, 0.717) is 54.8 Å². The van der Waals surface area contributed by atoms with Gasteiger partial charge in [-0.3, -0.25) is 15.6 Å². The van der Waals surface area contributed by atoms with Crippen molar-refractivity contribution >= 4 is 23.2 Å². The van der Waals surface area contributed by atoms with Crippen molar-refractivity contribution in [3.63, 3.8) is 0 Å². The predicted molar refractivity (Wildman–Crippen MR) is 115 cm³/mol. The van der Waals surface area contributed by atoms with Crippen LogP contribution >= 0.6 is 12.2 Å². The van der Waals surface area contributed by atoms with Gasteiger partial charge in [0, 0.05) is 12.5 Å². The van der Waals surface area contributed by atoms with E-state index in [1.165, 1.54) is 12.8 Å². The number of benzene rings is 1. The summed E-state index contributed by atoms with van der Waals surface area (Å²) in [4.78, 5) is 12.0. The molecule has 0 aromatic heterocycles. The van der Waals surface area contributed by atoms with E-state index in [2.05, 4.69) is 30.0 Å². The zero-order valence-corrected chi connectivity index (χ0v) is 17.9. The Morgan fingerprint density at radius 1 is 1.14 bits per heavy atom. The van der Waals surface area contributed by atoms with Crippen LogP contribution in [0, 0.1) is 11.8 Å². The number of hydrazine groups is 1. The predicted octanol–water partition coefficient (Wildman–Crippen LogP) is 3.56. The van der Waals surface area contributed by atoms with Crippen molar-refractivity contribution in [3.05, 3.63) is 24.3 Å². The second-order valence-corrected chi connectivity index (χ2v) is 7.76. The molecule has 1 saturated carbocycles. The maximum Gasteiger partial charge on any atom is 0.238 e. The third kappa shape index (κ3) is 7.19. The molecule has 1 amide bonds. The van der Waals surface area contributed by atoms with Crippen LogP contribution in [0.25, 0.3) is 0 Å². The summed E-state index contributed by atoms with van der Waals surface area (Å²) in [5.41, 5.74) is 5.47. The number of thiocarbonyl (C=S) groups is 1. The number of hydrogen-bond donors (Lipinski definition) is 3. The van der Waals surface area contributed by atoms with Crippen LogP contribution in [0.1, 0.15) is 52.9 Å². The molecule has 1 aliphatic carbocycles. The first-order valence-electron chi connectivity index (χ1n) is 10.2.